The number of amides is 1. The van der Waals surface area contributed by atoms with Gasteiger partial charge in [0.05, 0.1) is 12.4 Å². The molecule has 2 heterocycles. The zero-order valence-corrected chi connectivity index (χ0v) is 14.4. The number of halogens is 1. The number of hydrogen-bond acceptors (Lipinski definition) is 4. The van der Waals surface area contributed by atoms with Gasteiger partial charge in [-0.05, 0) is 42.9 Å². The van der Waals surface area contributed by atoms with E-state index < -0.39 is 0 Å². The minimum absolute atomic E-state index is 0.0442. The van der Waals surface area contributed by atoms with Gasteiger partial charge in [0.1, 0.15) is 17.3 Å². The van der Waals surface area contributed by atoms with E-state index in [1.165, 1.54) is 18.3 Å². The third-order valence-electron chi connectivity index (χ3n) is 4.57. The van der Waals surface area contributed by atoms with Crippen LogP contribution in [-0.4, -0.2) is 40.4 Å². The van der Waals surface area contributed by atoms with E-state index in [0.29, 0.717) is 24.0 Å². The van der Waals surface area contributed by atoms with Crippen molar-refractivity contribution in [3.63, 3.8) is 0 Å². The maximum atomic E-state index is 12.9. The van der Waals surface area contributed by atoms with E-state index in [0.717, 1.165) is 37.9 Å². The molecule has 0 aliphatic carbocycles. The summed E-state index contributed by atoms with van der Waals surface area (Å²) in [6.45, 7) is 4.46. The molecule has 25 heavy (non-hydrogen) atoms. The number of carbonyl (C=O) groups excluding carboxylic acids is 1. The van der Waals surface area contributed by atoms with Crippen LogP contribution in [0.15, 0.2) is 36.7 Å². The van der Waals surface area contributed by atoms with E-state index >= 15 is 0 Å². The van der Waals surface area contributed by atoms with Gasteiger partial charge < -0.3 is 10.2 Å². The Morgan fingerprint density at radius 2 is 1.92 bits per heavy atom. The molecule has 6 heteroatoms. The van der Waals surface area contributed by atoms with Crippen LogP contribution < -0.4 is 5.32 Å². The first-order valence-electron chi connectivity index (χ1n) is 8.71. The van der Waals surface area contributed by atoms with Crippen LogP contribution in [0.1, 0.15) is 35.8 Å². The number of hydrogen-bond donors (Lipinski definition) is 1. The third-order valence-corrected chi connectivity index (χ3v) is 4.57. The largest absolute Gasteiger partial charge is 0.368 e. The number of nitrogens with zero attached hydrogens (tertiary/aromatic N) is 3. The predicted octanol–water partition coefficient (Wildman–Crippen LogP) is 3.14. The number of likely N-dealkylation sites (tertiary alicyclic amines) is 1. The van der Waals surface area contributed by atoms with Crippen molar-refractivity contribution in [3.05, 3.63) is 53.7 Å². The van der Waals surface area contributed by atoms with Crippen LogP contribution in [-0.2, 0) is 6.42 Å². The number of aromatic nitrogens is 2. The first kappa shape index (κ1) is 17.3. The van der Waals surface area contributed by atoms with E-state index in [2.05, 4.69) is 22.2 Å². The fraction of sp³-hybridized carbons (Fsp3) is 0.421. The zero-order valence-electron chi connectivity index (χ0n) is 14.4. The summed E-state index contributed by atoms with van der Waals surface area (Å²) in [4.78, 5) is 22.8. The highest BCUT2D eigenvalue weighted by atomic mass is 19.1. The maximum Gasteiger partial charge on any atom is 0.274 e. The van der Waals surface area contributed by atoms with Crippen LogP contribution >= 0.6 is 0 Å². The van der Waals surface area contributed by atoms with Crippen LogP contribution in [0.2, 0.25) is 0 Å². The summed E-state index contributed by atoms with van der Waals surface area (Å²) in [5, 5.41) is 3.17. The SMILES string of the molecule is CC1CCN(C(=O)c2cnc(NCCc3ccc(F)cc3)cn2)CC1. The van der Waals surface area contributed by atoms with Crippen LogP contribution in [0.4, 0.5) is 10.2 Å². The standard InChI is InChI=1S/C19H23FN4O/c1-14-7-10-24(11-8-14)19(25)17-12-23-18(13-22-17)21-9-6-15-2-4-16(20)5-3-15/h2-5,12-14H,6-11H2,1H3,(H,21,23). The number of piperidine rings is 1. The average Bonchev–Trinajstić information content (AvgIpc) is 2.64. The number of benzene rings is 1. The van der Waals surface area contributed by atoms with Gasteiger partial charge in [-0.3, -0.25) is 4.79 Å². The predicted molar refractivity (Wildman–Crippen MR) is 94.9 cm³/mol. The Bertz CT molecular complexity index is 694. The molecule has 1 amide bonds. The Kier molecular flexibility index (Phi) is 5.58. The summed E-state index contributed by atoms with van der Waals surface area (Å²) in [6, 6.07) is 6.45. The van der Waals surface area contributed by atoms with E-state index in [-0.39, 0.29) is 11.7 Å². The molecule has 1 aromatic heterocycles. The van der Waals surface area contributed by atoms with Gasteiger partial charge in [0.2, 0.25) is 0 Å². The Hall–Kier alpha value is -2.50. The highest BCUT2D eigenvalue weighted by molar-refractivity contribution is 5.92. The van der Waals surface area contributed by atoms with E-state index in [4.69, 9.17) is 0 Å². The maximum absolute atomic E-state index is 12.9. The number of anilines is 1. The molecule has 132 valence electrons. The van der Waals surface area contributed by atoms with Crippen LogP contribution in [0.3, 0.4) is 0 Å². The fourth-order valence-corrected chi connectivity index (χ4v) is 2.89. The van der Waals surface area contributed by atoms with E-state index in [1.54, 1.807) is 18.3 Å². The van der Waals surface area contributed by atoms with E-state index in [1.807, 2.05) is 4.90 Å². The normalized spacial score (nSPS) is 15.2. The molecule has 1 aliphatic rings. The molecule has 0 unspecified atom stereocenters. The number of carbonyl (C=O) groups is 1. The van der Waals surface area contributed by atoms with Gasteiger partial charge in [0.15, 0.2) is 0 Å². The average molecular weight is 342 g/mol. The molecule has 1 fully saturated rings. The summed E-state index contributed by atoms with van der Waals surface area (Å²) >= 11 is 0. The lowest BCUT2D eigenvalue weighted by Gasteiger charge is -2.29. The topological polar surface area (TPSA) is 58.1 Å². The van der Waals surface area contributed by atoms with Crippen LogP contribution in [0.25, 0.3) is 0 Å². The van der Waals surface area contributed by atoms with Crippen molar-refractivity contribution in [1.82, 2.24) is 14.9 Å². The van der Waals surface area contributed by atoms with Crippen molar-refractivity contribution in [2.45, 2.75) is 26.2 Å². The summed E-state index contributed by atoms with van der Waals surface area (Å²) in [5.74, 6) is 1.04. The fourth-order valence-electron chi connectivity index (χ4n) is 2.89. The van der Waals surface area contributed by atoms with Gasteiger partial charge in [-0.2, -0.15) is 0 Å². The van der Waals surface area contributed by atoms with Crippen molar-refractivity contribution >= 4 is 11.7 Å². The lowest BCUT2D eigenvalue weighted by Crippen LogP contribution is -2.38. The first-order chi connectivity index (χ1) is 12.1. The van der Waals surface area contributed by atoms with Crippen molar-refractivity contribution in [3.8, 4) is 0 Å². The summed E-state index contributed by atoms with van der Waals surface area (Å²) in [7, 11) is 0. The first-order valence-corrected chi connectivity index (χ1v) is 8.71. The molecule has 0 bridgehead atoms. The molecular weight excluding hydrogens is 319 g/mol. The zero-order chi connectivity index (χ0) is 17.6. The molecule has 0 spiro atoms. The van der Waals surface area contributed by atoms with Gasteiger partial charge in [0, 0.05) is 19.6 Å². The van der Waals surface area contributed by atoms with Crippen molar-refractivity contribution in [2.75, 3.05) is 25.0 Å². The summed E-state index contributed by atoms with van der Waals surface area (Å²) in [6.07, 6.45) is 5.96. The summed E-state index contributed by atoms with van der Waals surface area (Å²) < 4.78 is 12.9. The Morgan fingerprint density at radius 1 is 1.20 bits per heavy atom. The molecule has 0 atom stereocenters. The molecule has 1 N–H and O–H groups in total. The lowest BCUT2D eigenvalue weighted by atomic mass is 9.99. The van der Waals surface area contributed by atoms with Crippen LogP contribution in [0, 0.1) is 11.7 Å². The van der Waals surface area contributed by atoms with Crippen LogP contribution in [0.5, 0.6) is 0 Å². The molecular formula is C19H23FN4O. The minimum atomic E-state index is -0.231. The van der Waals surface area contributed by atoms with Gasteiger partial charge in [-0.15, -0.1) is 0 Å². The Labute approximate surface area is 147 Å². The second-order valence-corrected chi connectivity index (χ2v) is 6.56. The molecule has 1 saturated heterocycles. The minimum Gasteiger partial charge on any atom is -0.368 e. The monoisotopic (exact) mass is 342 g/mol. The number of rotatable bonds is 5. The molecule has 3 rings (SSSR count). The molecule has 1 aromatic carbocycles. The van der Waals surface area contributed by atoms with Gasteiger partial charge in [-0.25, -0.2) is 14.4 Å². The van der Waals surface area contributed by atoms with Gasteiger partial charge >= 0.3 is 0 Å². The second-order valence-electron chi connectivity index (χ2n) is 6.56. The van der Waals surface area contributed by atoms with Crippen molar-refractivity contribution in [2.24, 2.45) is 5.92 Å². The highest BCUT2D eigenvalue weighted by Gasteiger charge is 2.22. The quantitative estimate of drug-likeness (QED) is 0.907. The third kappa shape index (κ3) is 4.75. The van der Waals surface area contributed by atoms with Crippen molar-refractivity contribution in [1.29, 1.82) is 0 Å². The summed E-state index contributed by atoms with van der Waals surface area (Å²) in [5.41, 5.74) is 1.44. The smallest absolute Gasteiger partial charge is 0.274 e. The molecule has 1 aliphatic heterocycles. The van der Waals surface area contributed by atoms with E-state index in [9.17, 15) is 9.18 Å². The molecule has 2 aromatic rings. The van der Waals surface area contributed by atoms with Crippen molar-refractivity contribution < 1.29 is 9.18 Å². The highest BCUT2D eigenvalue weighted by Crippen LogP contribution is 2.17. The second kappa shape index (κ2) is 8.05. The molecule has 0 saturated carbocycles. The molecule has 5 nitrogen and oxygen atoms in total. The molecule has 0 radical (unpaired) electrons. The Morgan fingerprint density at radius 3 is 2.56 bits per heavy atom. The Balaban J connectivity index is 1.50. The van der Waals surface area contributed by atoms with Gasteiger partial charge in [0.25, 0.3) is 5.91 Å². The van der Waals surface area contributed by atoms with Gasteiger partial charge in [-0.1, -0.05) is 19.1 Å². The lowest BCUT2D eigenvalue weighted by molar-refractivity contribution is 0.0691. The number of nitrogens with one attached hydrogen (secondary N) is 1.